The summed E-state index contributed by atoms with van der Waals surface area (Å²) >= 11 is 9.39. The lowest BCUT2D eigenvalue weighted by molar-refractivity contribution is 0.0720. The van der Waals surface area contributed by atoms with Gasteiger partial charge in [0.25, 0.3) is 5.91 Å². The average Bonchev–Trinajstić information content (AvgIpc) is 2.29. The van der Waals surface area contributed by atoms with E-state index in [-0.39, 0.29) is 11.3 Å². The Hall–Kier alpha value is -0.610. The van der Waals surface area contributed by atoms with Crippen LogP contribution >= 0.6 is 27.5 Å². The van der Waals surface area contributed by atoms with Crippen LogP contribution in [0.1, 0.15) is 23.3 Å². The van der Waals surface area contributed by atoms with Gasteiger partial charge in [0, 0.05) is 23.8 Å². The lowest BCUT2D eigenvalue weighted by atomic mass is 10.1. The second kappa shape index (κ2) is 5.15. The molecule has 0 saturated carbocycles. The molecule has 1 aliphatic heterocycles. The number of alkyl halides is 1. The van der Waals surface area contributed by atoms with Gasteiger partial charge in [-0.2, -0.15) is 0 Å². The Morgan fingerprint density at radius 2 is 2.44 bits per heavy atom. The molecule has 1 aromatic heterocycles. The number of piperidine rings is 1. The summed E-state index contributed by atoms with van der Waals surface area (Å²) in [6, 6.07) is 3.61. The molecule has 1 aliphatic rings. The van der Waals surface area contributed by atoms with Crippen molar-refractivity contribution < 1.29 is 4.79 Å². The molecule has 2 rings (SSSR count). The molecule has 3 nitrogen and oxygen atoms in total. The highest BCUT2D eigenvalue weighted by Gasteiger charge is 2.24. The van der Waals surface area contributed by atoms with E-state index in [9.17, 15) is 4.79 Å². The summed E-state index contributed by atoms with van der Waals surface area (Å²) in [5, 5.41) is 0.0696. The van der Waals surface area contributed by atoms with Crippen molar-refractivity contribution in [3.63, 3.8) is 0 Å². The normalized spacial score (nSPS) is 20.9. The fraction of sp³-hybridized carbons (Fsp3) is 0.455. The highest BCUT2D eigenvalue weighted by Crippen LogP contribution is 2.20. The van der Waals surface area contributed by atoms with Crippen molar-refractivity contribution in [2.24, 2.45) is 0 Å². The van der Waals surface area contributed by atoms with Crippen LogP contribution < -0.4 is 0 Å². The number of carbonyl (C=O) groups is 1. The van der Waals surface area contributed by atoms with Crippen LogP contribution in [-0.2, 0) is 0 Å². The average molecular weight is 304 g/mol. The second-order valence-electron chi connectivity index (χ2n) is 3.82. The largest absolute Gasteiger partial charge is 0.336 e. The zero-order valence-electron chi connectivity index (χ0n) is 8.70. The molecule has 16 heavy (non-hydrogen) atoms. The van der Waals surface area contributed by atoms with Crippen LogP contribution in [0.25, 0.3) is 0 Å². The highest BCUT2D eigenvalue weighted by molar-refractivity contribution is 9.10. The Morgan fingerprint density at radius 1 is 1.62 bits per heavy atom. The van der Waals surface area contributed by atoms with Gasteiger partial charge < -0.3 is 4.90 Å². The van der Waals surface area contributed by atoms with Gasteiger partial charge >= 0.3 is 0 Å². The topological polar surface area (TPSA) is 33.2 Å². The molecule has 0 radical (unpaired) electrons. The minimum Gasteiger partial charge on any atom is -0.336 e. The molecule has 2 heterocycles. The van der Waals surface area contributed by atoms with E-state index in [0.717, 1.165) is 23.9 Å². The van der Waals surface area contributed by atoms with Gasteiger partial charge in [-0.15, -0.1) is 11.6 Å². The molecule has 1 saturated heterocycles. The molecular formula is C11H12BrClN2O. The number of aromatic nitrogens is 1. The monoisotopic (exact) mass is 302 g/mol. The van der Waals surface area contributed by atoms with Crippen molar-refractivity contribution in [2.45, 2.75) is 18.2 Å². The van der Waals surface area contributed by atoms with E-state index in [1.807, 2.05) is 6.07 Å². The SMILES string of the molecule is O=C(c1ncccc1Br)N1CCCC(Cl)C1. The van der Waals surface area contributed by atoms with Crippen molar-refractivity contribution in [3.05, 3.63) is 28.5 Å². The van der Waals surface area contributed by atoms with Crippen LogP contribution in [0.15, 0.2) is 22.8 Å². The molecule has 1 unspecified atom stereocenters. The minimum absolute atomic E-state index is 0.0437. The van der Waals surface area contributed by atoms with Crippen LogP contribution in [0.2, 0.25) is 0 Å². The van der Waals surface area contributed by atoms with E-state index in [1.54, 1.807) is 17.2 Å². The third-order valence-corrected chi connectivity index (χ3v) is 3.61. The number of likely N-dealkylation sites (tertiary alicyclic amines) is 1. The van der Waals surface area contributed by atoms with Crippen LogP contribution in [0.5, 0.6) is 0 Å². The fourth-order valence-corrected chi connectivity index (χ4v) is 2.55. The van der Waals surface area contributed by atoms with Gasteiger partial charge in [0.15, 0.2) is 0 Å². The Labute approximate surface area is 108 Å². The molecule has 0 bridgehead atoms. The first kappa shape index (κ1) is 11.9. The van der Waals surface area contributed by atoms with Gasteiger partial charge in [-0.3, -0.25) is 4.79 Å². The molecule has 1 amide bonds. The summed E-state index contributed by atoms with van der Waals surface area (Å²) in [5.74, 6) is -0.0437. The van der Waals surface area contributed by atoms with E-state index in [4.69, 9.17) is 11.6 Å². The van der Waals surface area contributed by atoms with Crippen molar-refractivity contribution in [2.75, 3.05) is 13.1 Å². The van der Waals surface area contributed by atoms with E-state index >= 15 is 0 Å². The lowest BCUT2D eigenvalue weighted by Gasteiger charge is -2.29. The van der Waals surface area contributed by atoms with Crippen LogP contribution in [0.4, 0.5) is 0 Å². The van der Waals surface area contributed by atoms with Crippen molar-refractivity contribution in [1.29, 1.82) is 0 Å². The van der Waals surface area contributed by atoms with Gasteiger partial charge in [-0.1, -0.05) is 0 Å². The summed E-state index contributed by atoms with van der Waals surface area (Å²) in [6.45, 7) is 1.38. The van der Waals surface area contributed by atoms with Gasteiger partial charge in [-0.05, 0) is 40.9 Å². The van der Waals surface area contributed by atoms with Crippen molar-refractivity contribution >= 4 is 33.4 Å². The third-order valence-electron chi connectivity index (χ3n) is 2.61. The van der Waals surface area contributed by atoms with Gasteiger partial charge in [0.05, 0.1) is 5.38 Å². The summed E-state index contributed by atoms with van der Waals surface area (Å²) in [7, 11) is 0. The molecule has 0 N–H and O–H groups in total. The van der Waals surface area contributed by atoms with Crippen LogP contribution in [0.3, 0.4) is 0 Å². The number of amides is 1. The van der Waals surface area contributed by atoms with Crippen molar-refractivity contribution in [1.82, 2.24) is 9.88 Å². The number of rotatable bonds is 1. The lowest BCUT2D eigenvalue weighted by Crippen LogP contribution is -2.40. The predicted octanol–water partition coefficient (Wildman–Crippen LogP) is 2.69. The smallest absolute Gasteiger partial charge is 0.273 e. The summed E-state index contributed by atoms with van der Waals surface area (Å²) in [6.07, 6.45) is 3.57. The summed E-state index contributed by atoms with van der Waals surface area (Å²) in [5.41, 5.74) is 0.466. The van der Waals surface area contributed by atoms with Gasteiger partial charge in [-0.25, -0.2) is 4.98 Å². The van der Waals surface area contributed by atoms with Crippen LogP contribution in [-0.4, -0.2) is 34.3 Å². The Balaban J connectivity index is 2.16. The maximum Gasteiger partial charge on any atom is 0.273 e. The molecule has 1 aromatic rings. The maximum absolute atomic E-state index is 12.1. The van der Waals surface area contributed by atoms with E-state index in [1.165, 1.54) is 0 Å². The molecule has 0 aliphatic carbocycles. The molecule has 0 spiro atoms. The van der Waals surface area contributed by atoms with Gasteiger partial charge in [0.1, 0.15) is 5.69 Å². The first-order valence-electron chi connectivity index (χ1n) is 5.22. The predicted molar refractivity (Wildman–Crippen MR) is 66.7 cm³/mol. The first-order valence-corrected chi connectivity index (χ1v) is 6.45. The molecule has 5 heteroatoms. The Kier molecular flexibility index (Phi) is 3.82. The first-order chi connectivity index (χ1) is 7.68. The number of nitrogens with zero attached hydrogens (tertiary/aromatic N) is 2. The zero-order valence-corrected chi connectivity index (χ0v) is 11.0. The van der Waals surface area contributed by atoms with E-state index in [2.05, 4.69) is 20.9 Å². The second-order valence-corrected chi connectivity index (χ2v) is 5.30. The molecule has 1 fully saturated rings. The number of hydrogen-bond donors (Lipinski definition) is 0. The van der Waals surface area contributed by atoms with Crippen molar-refractivity contribution in [3.8, 4) is 0 Å². The molecule has 0 aromatic carbocycles. The Morgan fingerprint density at radius 3 is 3.12 bits per heavy atom. The highest BCUT2D eigenvalue weighted by atomic mass is 79.9. The number of hydrogen-bond acceptors (Lipinski definition) is 2. The number of halogens is 2. The standard InChI is InChI=1S/C11H12BrClN2O/c12-9-4-1-5-14-10(9)11(16)15-6-2-3-8(13)7-15/h1,4-5,8H,2-3,6-7H2. The zero-order chi connectivity index (χ0) is 11.5. The number of carbonyl (C=O) groups excluding carboxylic acids is 1. The Bertz CT molecular complexity index is 399. The van der Waals surface area contributed by atoms with E-state index < -0.39 is 0 Å². The van der Waals surface area contributed by atoms with Crippen LogP contribution in [0, 0.1) is 0 Å². The minimum atomic E-state index is -0.0437. The molecule has 1 atom stereocenters. The third kappa shape index (κ3) is 2.55. The van der Waals surface area contributed by atoms with Gasteiger partial charge in [0.2, 0.25) is 0 Å². The number of pyridine rings is 1. The fourth-order valence-electron chi connectivity index (χ4n) is 1.80. The molecular weight excluding hydrogens is 291 g/mol. The van der Waals surface area contributed by atoms with E-state index in [0.29, 0.717) is 12.2 Å². The summed E-state index contributed by atoms with van der Waals surface area (Å²) in [4.78, 5) is 18.0. The maximum atomic E-state index is 12.1. The summed E-state index contributed by atoms with van der Waals surface area (Å²) < 4.78 is 0.733. The molecule has 86 valence electrons. The quantitative estimate of drug-likeness (QED) is 0.747.